The molecule has 0 radical (unpaired) electrons. The van der Waals surface area contributed by atoms with Gasteiger partial charge in [0.05, 0.1) is 0 Å². The van der Waals surface area contributed by atoms with Crippen LogP contribution in [0.5, 0.6) is 5.75 Å². The molecule has 1 N–H and O–H groups in total. The number of aromatic hydroxyl groups is 1. The summed E-state index contributed by atoms with van der Waals surface area (Å²) in [4.78, 5) is 0. The molecule has 0 spiro atoms. The molecule has 0 saturated carbocycles. The van der Waals surface area contributed by atoms with E-state index in [4.69, 9.17) is 0 Å². The Morgan fingerprint density at radius 1 is 1.36 bits per heavy atom. The first-order chi connectivity index (χ1) is 5.11. The maximum atomic E-state index is 9.35. The van der Waals surface area contributed by atoms with Crippen LogP contribution in [0.15, 0.2) is 18.2 Å². The minimum atomic E-state index is 0.399. The minimum absolute atomic E-state index is 0.399. The molecule has 0 atom stereocenters. The molecule has 2 heteroatoms. The lowest BCUT2D eigenvalue weighted by Gasteiger charge is -2.06. The molecule has 1 rings (SSSR count). The van der Waals surface area contributed by atoms with Gasteiger partial charge < -0.3 is 5.11 Å². The van der Waals surface area contributed by atoms with E-state index in [0.29, 0.717) is 11.7 Å². The molecule has 58 valence electrons. The molecule has 1 aromatic rings. The highest BCUT2D eigenvalue weighted by molar-refractivity contribution is 6.34. The van der Waals surface area contributed by atoms with Crippen LogP contribution in [0.3, 0.4) is 0 Å². The molecular weight excluding hydrogens is 135 g/mol. The van der Waals surface area contributed by atoms with Gasteiger partial charge in [-0.1, -0.05) is 26.0 Å². The van der Waals surface area contributed by atoms with Gasteiger partial charge in [0.1, 0.15) is 13.6 Å². The zero-order chi connectivity index (χ0) is 8.43. The number of rotatable bonds is 1. The fourth-order valence-electron chi connectivity index (χ4n) is 0.986. The Morgan fingerprint density at radius 2 is 2.00 bits per heavy atom. The molecule has 0 heterocycles. The van der Waals surface area contributed by atoms with Gasteiger partial charge in [0.2, 0.25) is 0 Å². The summed E-state index contributed by atoms with van der Waals surface area (Å²) in [7, 11) is 1.90. The van der Waals surface area contributed by atoms with E-state index in [2.05, 4.69) is 19.9 Å². The van der Waals surface area contributed by atoms with Crippen molar-refractivity contribution < 1.29 is 5.11 Å². The highest BCUT2D eigenvalue weighted by Crippen LogP contribution is 2.16. The van der Waals surface area contributed by atoms with Crippen molar-refractivity contribution in [2.45, 2.75) is 19.8 Å². The van der Waals surface area contributed by atoms with Gasteiger partial charge in [0.25, 0.3) is 0 Å². The SMILES string of the molecule is Bc1ccc(C(C)C)cc1O. The maximum absolute atomic E-state index is 9.35. The van der Waals surface area contributed by atoms with E-state index >= 15 is 0 Å². The van der Waals surface area contributed by atoms with Crippen molar-refractivity contribution in [2.24, 2.45) is 0 Å². The quantitative estimate of drug-likeness (QED) is 0.583. The smallest absolute Gasteiger partial charge is 0.144 e. The van der Waals surface area contributed by atoms with E-state index < -0.39 is 0 Å². The van der Waals surface area contributed by atoms with Crippen molar-refractivity contribution in [1.29, 1.82) is 0 Å². The summed E-state index contributed by atoms with van der Waals surface area (Å²) in [5.41, 5.74) is 2.13. The van der Waals surface area contributed by atoms with Crippen molar-refractivity contribution in [3.63, 3.8) is 0 Å². The highest BCUT2D eigenvalue weighted by Gasteiger charge is 2.00. The van der Waals surface area contributed by atoms with Crippen LogP contribution in [0.2, 0.25) is 0 Å². The Labute approximate surface area is 68.5 Å². The van der Waals surface area contributed by atoms with E-state index in [1.807, 2.05) is 20.0 Å². The van der Waals surface area contributed by atoms with Crippen molar-refractivity contribution in [3.8, 4) is 5.75 Å². The van der Waals surface area contributed by atoms with Crippen molar-refractivity contribution in [2.75, 3.05) is 0 Å². The Morgan fingerprint density at radius 3 is 2.45 bits per heavy atom. The number of phenolic OH excluding ortho intramolecular Hbond substituents is 1. The molecule has 0 aliphatic carbocycles. The Kier molecular flexibility index (Phi) is 2.23. The monoisotopic (exact) mass is 148 g/mol. The van der Waals surface area contributed by atoms with Gasteiger partial charge in [-0.3, -0.25) is 0 Å². The second kappa shape index (κ2) is 2.99. The van der Waals surface area contributed by atoms with Crippen LogP contribution < -0.4 is 5.46 Å². The third kappa shape index (κ3) is 1.76. The topological polar surface area (TPSA) is 20.2 Å². The first-order valence-electron chi connectivity index (χ1n) is 3.91. The Bertz CT molecular complexity index is 256. The molecular formula is C9H13BO. The lowest BCUT2D eigenvalue weighted by atomic mass is 9.91. The fraction of sp³-hybridized carbons (Fsp3) is 0.333. The highest BCUT2D eigenvalue weighted by atomic mass is 16.3. The molecule has 0 amide bonds. The van der Waals surface area contributed by atoms with Crippen molar-refractivity contribution in [1.82, 2.24) is 0 Å². The number of phenols is 1. The molecule has 0 aliphatic heterocycles. The van der Waals surface area contributed by atoms with Crippen LogP contribution in [0.1, 0.15) is 25.3 Å². The lowest BCUT2D eigenvalue weighted by Crippen LogP contribution is -2.03. The van der Waals surface area contributed by atoms with E-state index in [0.717, 1.165) is 5.46 Å². The normalized spacial score (nSPS) is 10.5. The number of hydrogen-bond acceptors (Lipinski definition) is 1. The summed E-state index contributed by atoms with van der Waals surface area (Å²) in [6.45, 7) is 4.23. The van der Waals surface area contributed by atoms with Crippen LogP contribution in [0, 0.1) is 0 Å². The average molecular weight is 148 g/mol. The van der Waals surface area contributed by atoms with Gasteiger partial charge in [0, 0.05) is 0 Å². The van der Waals surface area contributed by atoms with E-state index in [1.165, 1.54) is 5.56 Å². The third-order valence-corrected chi connectivity index (χ3v) is 1.90. The second-order valence-corrected chi connectivity index (χ2v) is 3.20. The zero-order valence-electron chi connectivity index (χ0n) is 7.26. The molecule has 0 fully saturated rings. The van der Waals surface area contributed by atoms with Crippen LogP contribution >= 0.6 is 0 Å². The maximum Gasteiger partial charge on any atom is 0.144 e. The van der Waals surface area contributed by atoms with Gasteiger partial charge in [-0.25, -0.2) is 0 Å². The predicted octanol–water partition coefficient (Wildman–Crippen LogP) is 0.774. The average Bonchev–Trinajstić information content (AvgIpc) is 1.94. The van der Waals surface area contributed by atoms with Gasteiger partial charge in [-0.15, -0.1) is 0 Å². The molecule has 0 saturated heterocycles. The predicted molar refractivity (Wildman–Crippen MR) is 50.4 cm³/mol. The van der Waals surface area contributed by atoms with Crippen LogP contribution in [0.4, 0.5) is 0 Å². The molecule has 1 nitrogen and oxygen atoms in total. The molecule has 0 aliphatic rings. The summed E-state index contributed by atoms with van der Waals surface area (Å²) in [5, 5.41) is 9.35. The molecule has 11 heavy (non-hydrogen) atoms. The largest absolute Gasteiger partial charge is 0.509 e. The summed E-state index contributed by atoms with van der Waals surface area (Å²) in [6.07, 6.45) is 0. The van der Waals surface area contributed by atoms with Gasteiger partial charge in [-0.2, -0.15) is 0 Å². The summed E-state index contributed by atoms with van der Waals surface area (Å²) in [5.74, 6) is 0.887. The second-order valence-electron chi connectivity index (χ2n) is 3.20. The zero-order valence-corrected chi connectivity index (χ0v) is 7.26. The van der Waals surface area contributed by atoms with Crippen LogP contribution in [-0.2, 0) is 0 Å². The molecule has 1 aromatic carbocycles. The molecule has 0 unspecified atom stereocenters. The fourth-order valence-corrected chi connectivity index (χ4v) is 0.986. The number of hydrogen-bond donors (Lipinski definition) is 1. The lowest BCUT2D eigenvalue weighted by molar-refractivity contribution is 0.478. The van der Waals surface area contributed by atoms with Gasteiger partial charge in [0.15, 0.2) is 0 Å². The van der Waals surface area contributed by atoms with Gasteiger partial charge in [-0.05, 0) is 23.0 Å². The van der Waals surface area contributed by atoms with E-state index in [-0.39, 0.29) is 0 Å². The standard InChI is InChI=1S/C9H13BO/c1-6(2)7-3-4-8(10)9(11)5-7/h3-6,11H,10H2,1-2H3. The molecule has 0 aromatic heterocycles. The first kappa shape index (κ1) is 8.18. The first-order valence-corrected chi connectivity index (χ1v) is 3.91. The van der Waals surface area contributed by atoms with Crippen molar-refractivity contribution >= 4 is 13.3 Å². The summed E-state index contributed by atoms with van der Waals surface area (Å²) in [6, 6.07) is 5.84. The molecule has 0 bridgehead atoms. The van der Waals surface area contributed by atoms with Crippen LogP contribution in [-0.4, -0.2) is 13.0 Å². The van der Waals surface area contributed by atoms with E-state index in [9.17, 15) is 5.11 Å². The minimum Gasteiger partial charge on any atom is -0.509 e. The number of benzene rings is 1. The third-order valence-electron chi connectivity index (χ3n) is 1.90. The Balaban J connectivity index is 3.05. The van der Waals surface area contributed by atoms with Gasteiger partial charge >= 0.3 is 0 Å². The van der Waals surface area contributed by atoms with Crippen LogP contribution in [0.25, 0.3) is 0 Å². The summed E-state index contributed by atoms with van der Waals surface area (Å²) >= 11 is 0. The Hall–Kier alpha value is -0.915. The summed E-state index contributed by atoms with van der Waals surface area (Å²) < 4.78 is 0. The van der Waals surface area contributed by atoms with Crippen molar-refractivity contribution in [3.05, 3.63) is 23.8 Å². The van der Waals surface area contributed by atoms with E-state index in [1.54, 1.807) is 0 Å².